The number of fused-ring (bicyclic) bond motifs is 1. The number of aliphatic imine (C=N–C) groups is 1. The van der Waals surface area contributed by atoms with Gasteiger partial charge in [0.05, 0.1) is 13.2 Å². The first-order chi connectivity index (χ1) is 17.5. The molecule has 196 valence electrons. The lowest BCUT2D eigenvalue weighted by Crippen LogP contribution is -2.52. The number of carbonyl (C=O) groups is 1. The quantitative estimate of drug-likeness (QED) is 0.254. The van der Waals surface area contributed by atoms with Crippen molar-refractivity contribution in [1.82, 2.24) is 25.9 Å². The van der Waals surface area contributed by atoms with Gasteiger partial charge in [0.15, 0.2) is 5.13 Å². The summed E-state index contributed by atoms with van der Waals surface area (Å²) in [5, 5.41) is 13.8. The number of ether oxygens (including phenoxy) is 1. The second-order valence-electron chi connectivity index (χ2n) is 8.85. The summed E-state index contributed by atoms with van der Waals surface area (Å²) in [6.07, 6.45) is 13.0. The van der Waals surface area contributed by atoms with Gasteiger partial charge in [0, 0.05) is 58.0 Å². The number of hydrogen-bond acceptors (Lipinski definition) is 8. The molecule has 1 saturated heterocycles. The number of amidine groups is 1. The molecule has 2 unspecified atom stereocenters. The maximum absolute atomic E-state index is 11.5. The van der Waals surface area contributed by atoms with E-state index in [1.807, 2.05) is 24.4 Å². The minimum atomic E-state index is 0.0287. The molecule has 0 radical (unpaired) electrons. The van der Waals surface area contributed by atoms with Crippen LogP contribution in [0.1, 0.15) is 46.0 Å². The molecule has 4 rings (SSSR count). The molecule has 4 N–H and O–H groups in total. The topological polar surface area (TPSA) is 113 Å². The lowest BCUT2D eigenvalue weighted by atomic mass is 9.90. The van der Waals surface area contributed by atoms with Crippen LogP contribution in [0.4, 0.5) is 5.13 Å². The van der Waals surface area contributed by atoms with Gasteiger partial charge in [0.25, 0.3) is 0 Å². The molecular formula is C26H39N7O2S. The van der Waals surface area contributed by atoms with E-state index in [0.717, 1.165) is 78.9 Å². The minimum Gasteiger partial charge on any atom is -0.379 e. The summed E-state index contributed by atoms with van der Waals surface area (Å²) >= 11 is 1.53. The highest BCUT2D eigenvalue weighted by Gasteiger charge is 2.26. The van der Waals surface area contributed by atoms with Crippen molar-refractivity contribution in [2.75, 3.05) is 38.7 Å². The van der Waals surface area contributed by atoms with Crippen molar-refractivity contribution < 1.29 is 9.53 Å². The van der Waals surface area contributed by atoms with Crippen LogP contribution in [-0.4, -0.2) is 67.1 Å². The van der Waals surface area contributed by atoms with Gasteiger partial charge in [-0.1, -0.05) is 35.8 Å². The molecule has 2 fully saturated rings. The Hall–Kier alpha value is -2.82. The van der Waals surface area contributed by atoms with E-state index in [-0.39, 0.29) is 18.0 Å². The van der Waals surface area contributed by atoms with E-state index in [2.05, 4.69) is 49.2 Å². The second kappa shape index (κ2) is 15.3. The maximum atomic E-state index is 11.5. The number of thiazole rings is 1. The van der Waals surface area contributed by atoms with Crippen LogP contribution in [0.2, 0.25) is 0 Å². The zero-order valence-corrected chi connectivity index (χ0v) is 22.4. The van der Waals surface area contributed by atoms with Crippen LogP contribution < -0.4 is 21.3 Å². The SMILES string of the molecule is C1COCCN1.CN=C(CC=C(C)/C=C/Nc1nc2cccnc2s1)NC1CCCCC1NC(C)=O. The Morgan fingerprint density at radius 1 is 1.22 bits per heavy atom. The number of amides is 1. The summed E-state index contributed by atoms with van der Waals surface area (Å²) in [5.41, 5.74) is 2.03. The van der Waals surface area contributed by atoms with Gasteiger partial charge in [0.1, 0.15) is 16.2 Å². The third kappa shape index (κ3) is 9.67. The largest absolute Gasteiger partial charge is 0.379 e. The Balaban J connectivity index is 0.000000526. The van der Waals surface area contributed by atoms with Crippen LogP contribution >= 0.6 is 11.3 Å². The molecule has 3 heterocycles. The van der Waals surface area contributed by atoms with Crippen molar-refractivity contribution in [3.05, 3.63) is 42.3 Å². The van der Waals surface area contributed by atoms with Gasteiger partial charge >= 0.3 is 0 Å². The van der Waals surface area contributed by atoms with Gasteiger partial charge in [-0.15, -0.1) is 0 Å². The number of anilines is 1. The first-order valence-electron chi connectivity index (χ1n) is 12.6. The summed E-state index contributed by atoms with van der Waals surface area (Å²) in [6.45, 7) is 7.48. The van der Waals surface area contributed by atoms with Crippen molar-refractivity contribution in [3.8, 4) is 0 Å². The highest BCUT2D eigenvalue weighted by Crippen LogP contribution is 2.23. The van der Waals surface area contributed by atoms with Gasteiger partial charge < -0.3 is 26.0 Å². The van der Waals surface area contributed by atoms with E-state index in [4.69, 9.17) is 4.74 Å². The van der Waals surface area contributed by atoms with Crippen LogP contribution in [0.3, 0.4) is 0 Å². The monoisotopic (exact) mass is 513 g/mol. The van der Waals surface area contributed by atoms with E-state index in [9.17, 15) is 4.79 Å². The number of rotatable bonds is 7. The number of nitrogens with one attached hydrogen (secondary N) is 4. The second-order valence-corrected chi connectivity index (χ2v) is 9.83. The van der Waals surface area contributed by atoms with E-state index in [1.54, 1.807) is 20.2 Å². The lowest BCUT2D eigenvalue weighted by Gasteiger charge is -2.33. The predicted octanol–water partition coefficient (Wildman–Crippen LogP) is 3.62. The highest BCUT2D eigenvalue weighted by atomic mass is 32.1. The number of morpholine rings is 1. The predicted molar refractivity (Wildman–Crippen MR) is 149 cm³/mol. The molecule has 2 aromatic heterocycles. The molecule has 0 aromatic carbocycles. The molecule has 1 saturated carbocycles. The third-order valence-corrected chi connectivity index (χ3v) is 6.87. The standard InChI is InChI=1S/C22H30N6OS.C4H9NO/c1-15(12-14-25-22-28-19-9-6-13-24-21(19)30-22)10-11-20(23-3)27-18-8-5-4-7-17(18)26-16(2)29;1-3-6-4-2-5-1/h6,9-10,12-14,17-18H,4-5,7-8,11H2,1-3H3,(H,23,27)(H,25,28)(H,26,29);5H,1-4H2/b14-12+,15-10?;. The Bertz CT molecular complexity index is 1000. The van der Waals surface area contributed by atoms with Gasteiger partial charge in [-0.3, -0.25) is 9.79 Å². The Labute approximate surface area is 217 Å². The average Bonchev–Trinajstić information content (AvgIpc) is 3.31. The number of pyridine rings is 1. The van der Waals surface area contributed by atoms with Gasteiger partial charge in [-0.2, -0.15) is 0 Å². The van der Waals surface area contributed by atoms with Crippen LogP contribution in [0, 0.1) is 0 Å². The minimum absolute atomic E-state index is 0.0287. The fourth-order valence-corrected chi connectivity index (χ4v) is 4.87. The average molecular weight is 514 g/mol. The summed E-state index contributed by atoms with van der Waals surface area (Å²) in [4.78, 5) is 25.6. The first-order valence-corrected chi connectivity index (χ1v) is 13.5. The number of hydrogen-bond donors (Lipinski definition) is 4. The fourth-order valence-electron chi connectivity index (χ4n) is 4.08. The van der Waals surface area contributed by atoms with Crippen LogP contribution in [0.15, 0.2) is 47.2 Å². The maximum Gasteiger partial charge on any atom is 0.217 e. The molecule has 0 bridgehead atoms. The zero-order chi connectivity index (χ0) is 25.6. The summed E-state index contributed by atoms with van der Waals surface area (Å²) < 4.78 is 5.01. The molecule has 1 aliphatic heterocycles. The molecule has 2 aromatic rings. The van der Waals surface area contributed by atoms with E-state index >= 15 is 0 Å². The number of aromatic nitrogens is 2. The molecule has 2 atom stereocenters. The lowest BCUT2D eigenvalue weighted by molar-refractivity contribution is -0.120. The molecule has 9 nitrogen and oxygen atoms in total. The number of carbonyl (C=O) groups excluding carboxylic acids is 1. The molecular weight excluding hydrogens is 474 g/mol. The van der Waals surface area contributed by atoms with Crippen molar-refractivity contribution in [2.45, 2.75) is 58.0 Å². The van der Waals surface area contributed by atoms with Crippen LogP contribution in [0.25, 0.3) is 10.3 Å². The number of allylic oxidation sites excluding steroid dienone is 2. The molecule has 2 aliphatic rings. The van der Waals surface area contributed by atoms with E-state index in [1.165, 1.54) is 17.8 Å². The van der Waals surface area contributed by atoms with Crippen molar-refractivity contribution >= 4 is 38.6 Å². The van der Waals surface area contributed by atoms with Crippen LogP contribution in [0.5, 0.6) is 0 Å². The molecule has 10 heteroatoms. The molecule has 36 heavy (non-hydrogen) atoms. The van der Waals surface area contributed by atoms with Gasteiger partial charge in [0.2, 0.25) is 5.91 Å². The van der Waals surface area contributed by atoms with Gasteiger partial charge in [-0.25, -0.2) is 9.97 Å². The summed E-state index contributed by atoms with van der Waals surface area (Å²) in [5.74, 6) is 0.969. The Morgan fingerprint density at radius 2 is 1.97 bits per heavy atom. The normalized spacial score (nSPS) is 21.1. The van der Waals surface area contributed by atoms with E-state index in [0.29, 0.717) is 0 Å². The molecule has 1 aliphatic carbocycles. The summed E-state index contributed by atoms with van der Waals surface area (Å²) in [6, 6.07) is 4.26. The van der Waals surface area contributed by atoms with Crippen molar-refractivity contribution in [2.24, 2.45) is 4.99 Å². The van der Waals surface area contributed by atoms with Gasteiger partial charge in [-0.05, 0) is 38.0 Å². The zero-order valence-electron chi connectivity index (χ0n) is 21.5. The highest BCUT2D eigenvalue weighted by molar-refractivity contribution is 7.21. The van der Waals surface area contributed by atoms with Crippen molar-refractivity contribution in [1.29, 1.82) is 0 Å². The third-order valence-electron chi connectivity index (χ3n) is 5.96. The van der Waals surface area contributed by atoms with Crippen LogP contribution in [-0.2, 0) is 9.53 Å². The fraction of sp³-hybridized carbons (Fsp3) is 0.538. The molecule has 1 amide bonds. The Morgan fingerprint density at radius 3 is 2.58 bits per heavy atom. The Kier molecular flexibility index (Phi) is 11.8. The van der Waals surface area contributed by atoms with Crippen molar-refractivity contribution in [3.63, 3.8) is 0 Å². The summed E-state index contributed by atoms with van der Waals surface area (Å²) in [7, 11) is 1.81. The first kappa shape index (κ1) is 27.8. The van der Waals surface area contributed by atoms with E-state index < -0.39 is 0 Å². The molecule has 0 spiro atoms. The smallest absolute Gasteiger partial charge is 0.217 e. The number of nitrogens with zero attached hydrogens (tertiary/aromatic N) is 3.